The second-order valence-corrected chi connectivity index (χ2v) is 18.0. The summed E-state index contributed by atoms with van der Waals surface area (Å²) in [5.74, 6) is -1.25. The lowest BCUT2D eigenvalue weighted by Crippen LogP contribution is -2.77. The number of aliphatic hydroxyl groups excluding tert-OH is 1. The van der Waals surface area contributed by atoms with Gasteiger partial charge in [-0.05, 0) is 81.1 Å². The van der Waals surface area contributed by atoms with E-state index in [1.54, 1.807) is 12.5 Å². The summed E-state index contributed by atoms with van der Waals surface area (Å²) in [6, 6.07) is 1.83. The number of furan rings is 1. The number of fused-ring (bicyclic) bond motifs is 1. The van der Waals surface area contributed by atoms with Crippen LogP contribution < -0.4 is 0 Å². The van der Waals surface area contributed by atoms with E-state index in [4.69, 9.17) is 23.4 Å². The maximum Gasteiger partial charge on any atom is 0.339 e. The molecule has 8 fully saturated rings. The number of epoxide rings is 1. The van der Waals surface area contributed by atoms with Gasteiger partial charge >= 0.3 is 11.9 Å². The van der Waals surface area contributed by atoms with Gasteiger partial charge in [0.05, 0.1) is 36.1 Å². The standard InChI is InChI=1S/C37H48O9/c1-18(2)7-8-19-9-11-35(13-19)15-21-14-33(5)27(20-10-12-42-16-20)44-31(41)29-37(33,46-29)34(6)24(21)36-17-43-30(40)22(35)28(36)45-32(3,4)25(36)23(38)26(34)39/h10,12,16,18-19,21-22,24-29,39H,7-9,11,13-15,17H2,1-6H3/t19-,21-,22+,24-,25+,26+,27-,28-,29+,33-,34-,35+,36+,37+/m0/s1. The lowest BCUT2D eigenvalue weighted by atomic mass is 9.34. The van der Waals surface area contributed by atoms with E-state index < -0.39 is 69.7 Å². The molecule has 0 unspecified atom stereocenters. The van der Waals surface area contributed by atoms with E-state index in [2.05, 4.69) is 20.8 Å². The number of cyclic esters (lactones) is 2. The van der Waals surface area contributed by atoms with Crippen LogP contribution in [0.25, 0.3) is 0 Å². The normalized spacial score (nSPS) is 54.1. The van der Waals surface area contributed by atoms with Gasteiger partial charge in [0, 0.05) is 21.8 Å². The summed E-state index contributed by atoms with van der Waals surface area (Å²) in [5.41, 5.74) is -4.40. The summed E-state index contributed by atoms with van der Waals surface area (Å²) in [6.45, 7) is 12.6. The van der Waals surface area contributed by atoms with E-state index in [0.29, 0.717) is 18.3 Å². The minimum atomic E-state index is -1.38. The summed E-state index contributed by atoms with van der Waals surface area (Å²) in [4.78, 5) is 42.7. The van der Waals surface area contributed by atoms with Crippen molar-refractivity contribution in [3.8, 4) is 0 Å². The van der Waals surface area contributed by atoms with E-state index in [1.807, 2.05) is 26.8 Å². The second-order valence-electron chi connectivity index (χ2n) is 18.0. The Morgan fingerprint density at radius 3 is 2.50 bits per heavy atom. The van der Waals surface area contributed by atoms with Crippen LogP contribution in [0.3, 0.4) is 0 Å². The van der Waals surface area contributed by atoms with E-state index in [-0.39, 0.29) is 35.6 Å². The van der Waals surface area contributed by atoms with Gasteiger partial charge in [-0.15, -0.1) is 0 Å². The molecule has 14 atom stereocenters. The third kappa shape index (κ3) is 3.14. The first-order valence-corrected chi connectivity index (χ1v) is 17.6. The molecule has 250 valence electrons. The molecule has 2 bridgehead atoms. The smallest absolute Gasteiger partial charge is 0.339 e. The predicted octanol–water partition coefficient (Wildman–Crippen LogP) is 5.19. The van der Waals surface area contributed by atoms with Crippen molar-refractivity contribution in [3.05, 3.63) is 24.2 Å². The first-order valence-electron chi connectivity index (χ1n) is 17.6. The number of hydrogen-bond acceptors (Lipinski definition) is 9. The molecule has 0 amide bonds. The van der Waals surface area contributed by atoms with Gasteiger partial charge in [0.2, 0.25) is 0 Å². The van der Waals surface area contributed by atoms with Crippen LogP contribution in [0.1, 0.15) is 98.2 Å². The fraction of sp³-hybridized carbons (Fsp3) is 0.811. The van der Waals surface area contributed by atoms with Crippen LogP contribution in [0.15, 0.2) is 23.0 Å². The van der Waals surface area contributed by atoms with E-state index in [9.17, 15) is 19.5 Å². The fourth-order valence-corrected chi connectivity index (χ4v) is 13.9. The SMILES string of the molecule is CC(C)CC[C@H]1CC[C@@]2(C1)C[C@@H]1C[C@@]3(C)[C@H](c4ccoc4)OC(=O)[C@H]4O[C@]43[C@]3(C)[C@H](O)C(=O)[C@@H]4C(C)(C)O[C@H]5[C@@H]2C(=O)OC[C@@]45[C@@H]13. The average Bonchev–Trinajstić information content (AvgIpc) is 3.25. The minimum Gasteiger partial charge on any atom is -0.472 e. The number of Topliss-reactive ketones (excluding diaryl/α,β-unsaturated/α-hetero) is 1. The molecule has 1 N–H and O–H groups in total. The molecule has 3 spiro atoms. The molecular weight excluding hydrogens is 588 g/mol. The highest BCUT2D eigenvalue weighted by molar-refractivity contribution is 5.92. The molecule has 1 aromatic heterocycles. The lowest BCUT2D eigenvalue weighted by Gasteiger charge is -2.68. The Balaban J connectivity index is 1.27. The molecule has 4 saturated heterocycles. The van der Waals surface area contributed by atoms with Gasteiger partial charge in [-0.25, -0.2) is 4.79 Å². The van der Waals surface area contributed by atoms with Crippen LogP contribution in [0, 0.1) is 57.2 Å². The maximum absolute atomic E-state index is 14.8. The minimum absolute atomic E-state index is 0.00489. The quantitative estimate of drug-likeness (QED) is 0.351. The molecule has 4 aliphatic heterocycles. The maximum atomic E-state index is 14.8. The molecule has 9 rings (SSSR count). The Bertz CT molecular complexity index is 1520. The summed E-state index contributed by atoms with van der Waals surface area (Å²) >= 11 is 0. The van der Waals surface area contributed by atoms with E-state index >= 15 is 0 Å². The van der Waals surface area contributed by atoms with Crippen LogP contribution >= 0.6 is 0 Å². The first kappa shape index (κ1) is 29.9. The van der Waals surface area contributed by atoms with Crippen LogP contribution in [0.4, 0.5) is 0 Å². The number of ketones is 1. The molecule has 8 aliphatic rings. The Morgan fingerprint density at radius 2 is 1.78 bits per heavy atom. The van der Waals surface area contributed by atoms with Crippen molar-refractivity contribution in [2.75, 3.05) is 6.61 Å². The van der Waals surface area contributed by atoms with Crippen molar-refractivity contribution >= 4 is 17.7 Å². The zero-order chi connectivity index (χ0) is 32.4. The number of carbonyl (C=O) groups excluding carboxylic acids is 3. The third-order valence-corrected chi connectivity index (χ3v) is 15.1. The van der Waals surface area contributed by atoms with Crippen LogP contribution in [-0.4, -0.2) is 58.9 Å². The Hall–Kier alpha value is -2.23. The molecule has 9 nitrogen and oxygen atoms in total. The van der Waals surface area contributed by atoms with Gasteiger partial charge in [-0.1, -0.05) is 40.5 Å². The van der Waals surface area contributed by atoms with Gasteiger partial charge < -0.3 is 28.5 Å². The Kier molecular flexibility index (Phi) is 5.75. The average molecular weight is 637 g/mol. The first-order chi connectivity index (χ1) is 21.7. The molecule has 4 aliphatic carbocycles. The van der Waals surface area contributed by atoms with Crippen LogP contribution in [0.5, 0.6) is 0 Å². The van der Waals surface area contributed by atoms with Crippen molar-refractivity contribution in [3.63, 3.8) is 0 Å². The van der Waals surface area contributed by atoms with Crippen LogP contribution in [-0.2, 0) is 33.3 Å². The van der Waals surface area contributed by atoms with Crippen molar-refractivity contribution < 1.29 is 42.9 Å². The zero-order valence-electron chi connectivity index (χ0n) is 27.9. The summed E-state index contributed by atoms with van der Waals surface area (Å²) in [6.07, 6.45) is 6.37. The largest absolute Gasteiger partial charge is 0.472 e. The Morgan fingerprint density at radius 1 is 1.00 bits per heavy atom. The van der Waals surface area contributed by atoms with Crippen molar-refractivity contribution in [1.29, 1.82) is 0 Å². The molecule has 46 heavy (non-hydrogen) atoms. The number of carbonyl (C=O) groups is 3. The highest BCUT2D eigenvalue weighted by Crippen LogP contribution is 2.83. The van der Waals surface area contributed by atoms with Gasteiger partial charge in [0.1, 0.15) is 24.4 Å². The summed E-state index contributed by atoms with van der Waals surface area (Å²) in [7, 11) is 0. The van der Waals surface area contributed by atoms with E-state index in [1.165, 1.54) is 0 Å². The zero-order valence-corrected chi connectivity index (χ0v) is 27.9. The highest BCUT2D eigenvalue weighted by atomic mass is 16.7. The number of esters is 2. The topological polar surface area (TPSA) is 125 Å². The number of rotatable bonds is 4. The summed E-state index contributed by atoms with van der Waals surface area (Å²) < 4.78 is 31.7. The molecule has 0 aromatic carbocycles. The van der Waals surface area contributed by atoms with E-state index in [0.717, 1.165) is 44.1 Å². The van der Waals surface area contributed by atoms with Gasteiger partial charge in [0.15, 0.2) is 11.9 Å². The molecule has 9 heteroatoms. The van der Waals surface area contributed by atoms with Gasteiger partial charge in [-0.3, -0.25) is 9.59 Å². The van der Waals surface area contributed by atoms with Crippen LogP contribution in [0.2, 0.25) is 0 Å². The monoisotopic (exact) mass is 636 g/mol. The highest BCUT2D eigenvalue weighted by Gasteiger charge is 2.93. The van der Waals surface area contributed by atoms with Gasteiger partial charge in [-0.2, -0.15) is 0 Å². The van der Waals surface area contributed by atoms with Crippen molar-refractivity contribution in [2.45, 2.75) is 122 Å². The fourth-order valence-electron chi connectivity index (χ4n) is 13.9. The molecule has 1 aromatic rings. The third-order valence-electron chi connectivity index (χ3n) is 15.1. The predicted molar refractivity (Wildman–Crippen MR) is 162 cm³/mol. The lowest BCUT2D eigenvalue weighted by molar-refractivity contribution is -0.266. The molecule has 4 saturated carbocycles. The number of aliphatic hydroxyl groups is 1. The number of hydrogen-bond donors (Lipinski definition) is 1. The second kappa shape index (κ2) is 8.86. The summed E-state index contributed by atoms with van der Waals surface area (Å²) in [5, 5.41) is 12.5. The number of ether oxygens (including phenoxy) is 4. The van der Waals surface area contributed by atoms with Gasteiger partial charge in [0.25, 0.3) is 0 Å². The van der Waals surface area contributed by atoms with Crippen molar-refractivity contribution in [2.24, 2.45) is 57.2 Å². The molecule has 0 radical (unpaired) electrons. The van der Waals surface area contributed by atoms with Crippen molar-refractivity contribution in [1.82, 2.24) is 0 Å². The molecular formula is C37H48O9. The Labute approximate surface area is 270 Å². The molecule has 5 heterocycles.